The molecule has 1 aliphatic heterocycles. The predicted octanol–water partition coefficient (Wildman–Crippen LogP) is 1.31. The summed E-state index contributed by atoms with van der Waals surface area (Å²) in [4.78, 5) is 0. The molecular formula is C6H11ClO2S. The van der Waals surface area contributed by atoms with Crippen LogP contribution < -0.4 is 0 Å². The summed E-state index contributed by atoms with van der Waals surface area (Å²) in [7, 11) is 4.28. The summed E-state index contributed by atoms with van der Waals surface area (Å²) in [6, 6.07) is 0. The first kappa shape index (κ1) is 8.50. The zero-order valence-corrected chi connectivity index (χ0v) is 7.45. The van der Waals surface area contributed by atoms with E-state index < -0.39 is 10.0 Å². The van der Waals surface area contributed by atoms with E-state index in [2.05, 4.69) is 0 Å². The molecule has 1 aliphatic rings. The number of halogens is 1. The van der Waals surface area contributed by atoms with Crippen molar-refractivity contribution in [3.05, 3.63) is 0 Å². The van der Waals surface area contributed by atoms with Crippen LogP contribution in [0.3, 0.4) is 0 Å². The van der Waals surface area contributed by atoms with Crippen LogP contribution in [0, 0.1) is 5.92 Å². The summed E-state index contributed by atoms with van der Waals surface area (Å²) in [5.74, 6) is 0.340. The topological polar surface area (TPSA) is 26.3 Å². The van der Waals surface area contributed by atoms with E-state index in [1.807, 2.05) is 6.92 Å². The molecule has 1 saturated heterocycles. The molecule has 0 amide bonds. The van der Waals surface area contributed by atoms with E-state index in [1.54, 1.807) is 0 Å². The normalized spacial score (nSPS) is 37.4. The second-order valence-electron chi connectivity index (χ2n) is 2.63. The van der Waals surface area contributed by atoms with E-state index in [1.165, 1.54) is 0 Å². The van der Waals surface area contributed by atoms with Gasteiger partial charge in [0.2, 0.25) is 0 Å². The first-order valence-corrected chi connectivity index (χ1v) is 5.40. The molecule has 0 aromatic carbocycles. The summed E-state index contributed by atoms with van der Waals surface area (Å²) in [5.41, 5.74) is 0. The van der Waals surface area contributed by atoms with Gasteiger partial charge >= 0.3 is 0 Å². The predicted molar refractivity (Wildman–Crippen MR) is 42.4 cm³/mol. The molecule has 3 atom stereocenters. The van der Waals surface area contributed by atoms with Gasteiger partial charge in [0.05, 0.1) is 11.9 Å². The van der Waals surface area contributed by atoms with Crippen molar-refractivity contribution in [1.82, 2.24) is 0 Å². The average molecular weight is 183 g/mol. The van der Waals surface area contributed by atoms with Crippen LogP contribution in [0.5, 0.6) is 0 Å². The minimum atomic E-state index is -1.19. The fraction of sp³-hybridized carbons (Fsp3) is 1.00. The van der Waals surface area contributed by atoms with Gasteiger partial charge < -0.3 is 4.74 Å². The molecule has 1 heterocycles. The molecule has 0 aromatic rings. The van der Waals surface area contributed by atoms with Gasteiger partial charge in [-0.1, -0.05) is 6.92 Å². The lowest BCUT2D eigenvalue weighted by Crippen LogP contribution is -2.31. The third kappa shape index (κ3) is 1.94. The van der Waals surface area contributed by atoms with Crippen molar-refractivity contribution in [2.24, 2.45) is 5.92 Å². The fourth-order valence-electron chi connectivity index (χ4n) is 1.14. The quantitative estimate of drug-likeness (QED) is 0.572. The van der Waals surface area contributed by atoms with E-state index in [4.69, 9.17) is 15.4 Å². The van der Waals surface area contributed by atoms with Crippen LogP contribution in [0.4, 0.5) is 0 Å². The van der Waals surface area contributed by atoms with Crippen LogP contribution in [0.2, 0.25) is 0 Å². The number of hydrogen-bond acceptors (Lipinski definition) is 2. The Morgan fingerprint density at radius 2 is 2.40 bits per heavy atom. The van der Waals surface area contributed by atoms with Crippen molar-refractivity contribution < 1.29 is 8.95 Å². The van der Waals surface area contributed by atoms with Gasteiger partial charge in [0.1, 0.15) is 10.0 Å². The molecule has 10 heavy (non-hydrogen) atoms. The summed E-state index contributed by atoms with van der Waals surface area (Å²) in [5, 5.41) is 0.135. The van der Waals surface area contributed by atoms with Crippen molar-refractivity contribution in [2.45, 2.75) is 18.6 Å². The standard InChI is InChI=1S/C6H11ClO2S/c1-5-4-9-3-2-6(5)10(7)8/h5-6H,2-4H2,1H3. The molecule has 0 bridgehead atoms. The van der Waals surface area contributed by atoms with Gasteiger partial charge in [0.25, 0.3) is 0 Å². The first-order chi connectivity index (χ1) is 4.72. The summed E-state index contributed by atoms with van der Waals surface area (Å²) >= 11 is 0. The van der Waals surface area contributed by atoms with Gasteiger partial charge in [0.15, 0.2) is 0 Å². The van der Waals surface area contributed by atoms with Crippen LogP contribution in [0.15, 0.2) is 0 Å². The van der Waals surface area contributed by atoms with E-state index >= 15 is 0 Å². The molecule has 60 valence electrons. The smallest absolute Gasteiger partial charge is 0.118 e. The Labute approximate surface area is 67.9 Å². The number of rotatable bonds is 1. The number of ether oxygens (including phenoxy) is 1. The van der Waals surface area contributed by atoms with Crippen LogP contribution in [0.1, 0.15) is 13.3 Å². The van der Waals surface area contributed by atoms with E-state index in [0.717, 1.165) is 6.42 Å². The SMILES string of the molecule is CC1COCCC1S(=O)Cl. The molecule has 0 radical (unpaired) electrons. The molecular weight excluding hydrogens is 172 g/mol. The monoisotopic (exact) mass is 182 g/mol. The molecule has 0 spiro atoms. The Morgan fingerprint density at radius 3 is 2.80 bits per heavy atom. The van der Waals surface area contributed by atoms with Crippen LogP contribution in [-0.2, 0) is 14.7 Å². The molecule has 1 rings (SSSR count). The maximum atomic E-state index is 10.8. The average Bonchev–Trinajstić information content (AvgIpc) is 1.88. The minimum absolute atomic E-state index is 0.135. The zero-order chi connectivity index (χ0) is 7.56. The highest BCUT2D eigenvalue weighted by atomic mass is 35.7. The summed E-state index contributed by atoms with van der Waals surface area (Å²) in [6.45, 7) is 3.42. The second-order valence-corrected chi connectivity index (χ2v) is 4.64. The van der Waals surface area contributed by atoms with E-state index in [0.29, 0.717) is 19.1 Å². The highest BCUT2D eigenvalue weighted by Gasteiger charge is 2.25. The second kappa shape index (κ2) is 3.69. The molecule has 0 aliphatic carbocycles. The Bertz CT molecular complexity index is 140. The first-order valence-electron chi connectivity index (χ1n) is 3.36. The van der Waals surface area contributed by atoms with Gasteiger partial charge in [-0.25, -0.2) is 4.21 Å². The Kier molecular flexibility index (Phi) is 3.14. The Morgan fingerprint density at radius 1 is 1.70 bits per heavy atom. The molecule has 2 nitrogen and oxygen atoms in total. The van der Waals surface area contributed by atoms with Crippen molar-refractivity contribution in [3.8, 4) is 0 Å². The highest BCUT2D eigenvalue weighted by molar-refractivity contribution is 8.08. The van der Waals surface area contributed by atoms with Gasteiger partial charge in [-0.15, -0.1) is 0 Å². The van der Waals surface area contributed by atoms with Gasteiger partial charge in [-0.05, 0) is 23.0 Å². The van der Waals surface area contributed by atoms with Gasteiger partial charge in [-0.2, -0.15) is 0 Å². The zero-order valence-electron chi connectivity index (χ0n) is 5.88. The highest BCUT2D eigenvalue weighted by Crippen LogP contribution is 2.20. The number of hydrogen-bond donors (Lipinski definition) is 0. The lowest BCUT2D eigenvalue weighted by atomic mass is 10.0. The Hall–Kier alpha value is 0.400. The van der Waals surface area contributed by atoms with Crippen LogP contribution in [-0.4, -0.2) is 22.7 Å². The molecule has 1 fully saturated rings. The molecule has 0 N–H and O–H groups in total. The molecule has 3 unspecified atom stereocenters. The van der Waals surface area contributed by atoms with Crippen LogP contribution in [0.25, 0.3) is 0 Å². The van der Waals surface area contributed by atoms with E-state index in [9.17, 15) is 4.21 Å². The van der Waals surface area contributed by atoms with Gasteiger partial charge in [0, 0.05) is 6.61 Å². The maximum absolute atomic E-state index is 10.8. The van der Waals surface area contributed by atoms with Crippen molar-refractivity contribution in [1.29, 1.82) is 0 Å². The molecule has 0 aromatic heterocycles. The summed E-state index contributed by atoms with van der Waals surface area (Å²) < 4.78 is 16.0. The largest absolute Gasteiger partial charge is 0.381 e. The third-order valence-electron chi connectivity index (χ3n) is 1.80. The van der Waals surface area contributed by atoms with Crippen molar-refractivity contribution in [2.75, 3.05) is 13.2 Å². The van der Waals surface area contributed by atoms with Crippen molar-refractivity contribution >= 4 is 20.7 Å². The molecule has 0 saturated carbocycles. The lowest BCUT2D eigenvalue weighted by molar-refractivity contribution is 0.0650. The van der Waals surface area contributed by atoms with E-state index in [-0.39, 0.29) is 5.25 Å². The summed E-state index contributed by atoms with van der Waals surface area (Å²) in [6.07, 6.45) is 0.831. The molecule has 4 heteroatoms. The maximum Gasteiger partial charge on any atom is 0.118 e. The fourth-order valence-corrected chi connectivity index (χ4v) is 2.66. The minimum Gasteiger partial charge on any atom is -0.381 e. The lowest BCUT2D eigenvalue weighted by Gasteiger charge is -2.25. The van der Waals surface area contributed by atoms with Gasteiger partial charge in [-0.3, -0.25) is 0 Å². The van der Waals surface area contributed by atoms with Crippen molar-refractivity contribution in [3.63, 3.8) is 0 Å². The van der Waals surface area contributed by atoms with Crippen LogP contribution >= 0.6 is 10.7 Å². The Balaban J connectivity index is 2.47. The third-order valence-corrected chi connectivity index (χ3v) is 3.66.